The van der Waals surface area contributed by atoms with E-state index < -0.39 is 0 Å². The molecule has 0 aliphatic carbocycles. The fraction of sp³-hybridized carbons (Fsp3) is 0.769. The molecule has 3 heterocycles. The number of aromatic nitrogens is 2. The Morgan fingerprint density at radius 2 is 1.84 bits per heavy atom. The number of hydrogen-bond donors (Lipinski definition) is 0. The van der Waals surface area contributed by atoms with Crippen molar-refractivity contribution in [3.05, 3.63) is 15.9 Å². The summed E-state index contributed by atoms with van der Waals surface area (Å²) in [5.41, 5.74) is 2.24. The van der Waals surface area contributed by atoms with Crippen molar-refractivity contribution in [1.82, 2.24) is 14.7 Å². The van der Waals surface area contributed by atoms with Crippen LogP contribution in [-0.4, -0.2) is 46.8 Å². The molecule has 0 unspecified atom stereocenters. The predicted molar refractivity (Wildman–Crippen MR) is 74.8 cm³/mol. The Morgan fingerprint density at radius 1 is 1.21 bits per heavy atom. The summed E-state index contributed by atoms with van der Waals surface area (Å²) in [5.74, 6) is -0.286. The number of piperidine rings is 1. The van der Waals surface area contributed by atoms with Gasteiger partial charge in [-0.25, -0.2) is 0 Å². The highest BCUT2D eigenvalue weighted by Gasteiger charge is 2.39. The molecule has 2 fully saturated rings. The molecule has 1 aromatic rings. The third kappa shape index (κ3) is 2.59. The second-order valence-corrected chi connectivity index (χ2v) is 6.14. The van der Waals surface area contributed by atoms with E-state index in [0.29, 0.717) is 0 Å². The second kappa shape index (κ2) is 5.16. The van der Waals surface area contributed by atoms with Crippen LogP contribution in [0, 0.1) is 13.8 Å². The zero-order chi connectivity index (χ0) is 13.5. The number of halogens is 1. The lowest BCUT2D eigenvalue weighted by Gasteiger charge is -2.37. The Hall–Kier alpha value is -0.430. The Bertz CT molecular complexity index is 459. The summed E-state index contributed by atoms with van der Waals surface area (Å²) in [7, 11) is 0. The van der Waals surface area contributed by atoms with Gasteiger partial charge >= 0.3 is 0 Å². The number of hydrogen-bond acceptors (Lipinski definition) is 4. The van der Waals surface area contributed by atoms with Gasteiger partial charge in [0.25, 0.3) is 0 Å². The molecule has 1 spiro atoms. The summed E-state index contributed by atoms with van der Waals surface area (Å²) >= 11 is 3.57. The van der Waals surface area contributed by atoms with Gasteiger partial charge in [0.2, 0.25) is 0 Å². The van der Waals surface area contributed by atoms with Gasteiger partial charge in [-0.2, -0.15) is 5.10 Å². The van der Waals surface area contributed by atoms with E-state index in [1.165, 1.54) is 5.69 Å². The van der Waals surface area contributed by atoms with Crippen LogP contribution in [0.5, 0.6) is 0 Å². The highest BCUT2D eigenvalue weighted by molar-refractivity contribution is 9.10. The SMILES string of the molecule is Cc1nn(CN2CCC3(CC2)OCCO3)c(C)c1Br. The van der Waals surface area contributed by atoms with Crippen LogP contribution in [0.15, 0.2) is 4.47 Å². The minimum absolute atomic E-state index is 0.286. The zero-order valence-electron chi connectivity index (χ0n) is 11.5. The lowest BCUT2D eigenvalue weighted by Crippen LogP contribution is -2.45. The molecule has 0 radical (unpaired) electrons. The first kappa shape index (κ1) is 13.5. The zero-order valence-corrected chi connectivity index (χ0v) is 13.1. The molecule has 6 heteroatoms. The molecule has 1 aromatic heterocycles. The Kier molecular flexibility index (Phi) is 3.68. The first-order chi connectivity index (χ1) is 9.10. The molecule has 2 saturated heterocycles. The number of ether oxygens (including phenoxy) is 2. The molecule has 19 heavy (non-hydrogen) atoms. The van der Waals surface area contributed by atoms with Crippen molar-refractivity contribution >= 4 is 15.9 Å². The molecule has 0 N–H and O–H groups in total. The molecule has 106 valence electrons. The molecule has 0 bridgehead atoms. The summed E-state index contributed by atoms with van der Waals surface area (Å²) in [6.07, 6.45) is 1.90. The van der Waals surface area contributed by atoms with Crippen molar-refractivity contribution in [2.24, 2.45) is 0 Å². The number of aryl methyl sites for hydroxylation is 1. The minimum Gasteiger partial charge on any atom is -0.347 e. The van der Waals surface area contributed by atoms with E-state index in [4.69, 9.17) is 9.47 Å². The van der Waals surface area contributed by atoms with Gasteiger partial charge < -0.3 is 9.47 Å². The Labute approximate surface area is 122 Å². The van der Waals surface area contributed by atoms with Gasteiger partial charge in [-0.1, -0.05) is 0 Å². The van der Waals surface area contributed by atoms with E-state index in [-0.39, 0.29) is 5.79 Å². The second-order valence-electron chi connectivity index (χ2n) is 5.35. The van der Waals surface area contributed by atoms with Crippen LogP contribution in [0.4, 0.5) is 0 Å². The quantitative estimate of drug-likeness (QED) is 0.832. The van der Waals surface area contributed by atoms with Crippen LogP contribution < -0.4 is 0 Å². The number of nitrogens with zero attached hydrogens (tertiary/aromatic N) is 3. The average Bonchev–Trinajstić information content (AvgIpc) is 2.95. The van der Waals surface area contributed by atoms with E-state index in [0.717, 1.165) is 56.0 Å². The maximum Gasteiger partial charge on any atom is 0.170 e. The topological polar surface area (TPSA) is 39.5 Å². The van der Waals surface area contributed by atoms with Crippen LogP contribution in [-0.2, 0) is 16.1 Å². The van der Waals surface area contributed by atoms with Crippen molar-refractivity contribution in [3.63, 3.8) is 0 Å². The van der Waals surface area contributed by atoms with Crippen LogP contribution in [0.2, 0.25) is 0 Å². The van der Waals surface area contributed by atoms with Crippen molar-refractivity contribution in [2.45, 2.75) is 39.1 Å². The molecule has 2 aliphatic rings. The summed E-state index contributed by atoms with van der Waals surface area (Å²) < 4.78 is 14.7. The number of likely N-dealkylation sites (tertiary alicyclic amines) is 1. The van der Waals surface area contributed by atoms with Gasteiger partial charge in [-0.15, -0.1) is 0 Å². The van der Waals surface area contributed by atoms with E-state index in [2.05, 4.69) is 37.5 Å². The number of rotatable bonds is 2. The molecular formula is C13H20BrN3O2. The van der Waals surface area contributed by atoms with E-state index >= 15 is 0 Å². The Morgan fingerprint density at radius 3 is 2.37 bits per heavy atom. The molecule has 0 atom stereocenters. The fourth-order valence-electron chi connectivity index (χ4n) is 2.82. The van der Waals surface area contributed by atoms with E-state index in [1.807, 2.05) is 6.92 Å². The minimum atomic E-state index is -0.286. The summed E-state index contributed by atoms with van der Waals surface area (Å²) in [6.45, 7) is 8.44. The molecule has 3 rings (SSSR count). The van der Waals surface area contributed by atoms with Gasteiger partial charge in [-0.05, 0) is 29.8 Å². The summed E-state index contributed by atoms with van der Waals surface area (Å²) in [5, 5.41) is 4.56. The standard InChI is InChI=1S/C13H20BrN3O2/c1-10-12(14)11(2)17(15-10)9-16-5-3-13(4-6-16)18-7-8-19-13/h3-9H2,1-2H3. The van der Waals surface area contributed by atoms with Crippen LogP contribution in [0.1, 0.15) is 24.2 Å². The van der Waals surface area contributed by atoms with Gasteiger partial charge in [0, 0.05) is 25.9 Å². The summed E-state index contributed by atoms with van der Waals surface area (Å²) in [4.78, 5) is 2.40. The first-order valence-corrected chi connectivity index (χ1v) is 7.59. The van der Waals surface area contributed by atoms with Crippen molar-refractivity contribution in [3.8, 4) is 0 Å². The van der Waals surface area contributed by atoms with Crippen LogP contribution in [0.25, 0.3) is 0 Å². The van der Waals surface area contributed by atoms with Crippen LogP contribution >= 0.6 is 15.9 Å². The normalized spacial score (nSPS) is 23.3. The van der Waals surface area contributed by atoms with Gasteiger partial charge in [0.15, 0.2) is 5.79 Å². The maximum atomic E-state index is 5.75. The van der Waals surface area contributed by atoms with E-state index in [1.54, 1.807) is 0 Å². The molecular weight excluding hydrogens is 310 g/mol. The van der Waals surface area contributed by atoms with Gasteiger partial charge in [0.05, 0.1) is 35.7 Å². The van der Waals surface area contributed by atoms with Gasteiger partial charge in [0.1, 0.15) is 0 Å². The summed E-state index contributed by atoms with van der Waals surface area (Å²) in [6, 6.07) is 0. The third-order valence-electron chi connectivity index (χ3n) is 4.06. The van der Waals surface area contributed by atoms with E-state index in [9.17, 15) is 0 Å². The fourth-order valence-corrected chi connectivity index (χ4v) is 3.11. The van der Waals surface area contributed by atoms with Crippen molar-refractivity contribution < 1.29 is 9.47 Å². The lowest BCUT2D eigenvalue weighted by atomic mass is 10.0. The van der Waals surface area contributed by atoms with Crippen molar-refractivity contribution in [1.29, 1.82) is 0 Å². The van der Waals surface area contributed by atoms with Gasteiger partial charge in [-0.3, -0.25) is 9.58 Å². The predicted octanol–water partition coefficient (Wildman–Crippen LogP) is 2.06. The first-order valence-electron chi connectivity index (χ1n) is 6.79. The largest absolute Gasteiger partial charge is 0.347 e. The molecule has 0 aromatic carbocycles. The molecule has 2 aliphatic heterocycles. The average molecular weight is 330 g/mol. The smallest absolute Gasteiger partial charge is 0.170 e. The van der Waals surface area contributed by atoms with Crippen molar-refractivity contribution in [2.75, 3.05) is 26.3 Å². The highest BCUT2D eigenvalue weighted by Crippen LogP contribution is 2.31. The highest BCUT2D eigenvalue weighted by atomic mass is 79.9. The monoisotopic (exact) mass is 329 g/mol. The lowest BCUT2D eigenvalue weighted by molar-refractivity contribution is -0.187. The Balaban J connectivity index is 1.61. The molecule has 0 amide bonds. The maximum absolute atomic E-state index is 5.75. The molecule has 0 saturated carbocycles. The van der Waals surface area contributed by atoms with Crippen LogP contribution in [0.3, 0.4) is 0 Å². The third-order valence-corrected chi connectivity index (χ3v) is 5.21. The molecule has 5 nitrogen and oxygen atoms in total.